The van der Waals surface area contributed by atoms with Gasteiger partial charge in [-0.2, -0.15) is 0 Å². The van der Waals surface area contributed by atoms with Crippen molar-refractivity contribution in [3.8, 4) is 0 Å². The molecule has 1 aliphatic carbocycles. The lowest BCUT2D eigenvalue weighted by Gasteiger charge is -2.31. The Morgan fingerprint density at radius 1 is 1.08 bits per heavy atom. The van der Waals surface area contributed by atoms with Gasteiger partial charge in [-0.05, 0) is 44.1 Å². The Hall–Kier alpha value is -2.05. The zero-order valence-corrected chi connectivity index (χ0v) is 14.5. The average molecular weight is 339 g/mol. The van der Waals surface area contributed by atoms with Gasteiger partial charge in [0, 0.05) is 24.4 Å². The highest BCUT2D eigenvalue weighted by atomic mass is 16.1. The standard InChI is InChI=1S/C19H25N5O/c1-12-15-11-14(8-10-16(15)22-21-12)18-20-19(25)17(23-24-18)9-7-13-5-3-2-4-6-13/h2-6,12,14-16,21-22H,7-11H2,1H3,(H,20,24,25). The van der Waals surface area contributed by atoms with Crippen LogP contribution in [0.2, 0.25) is 0 Å². The van der Waals surface area contributed by atoms with Gasteiger partial charge in [-0.1, -0.05) is 30.3 Å². The number of hydrogen-bond acceptors (Lipinski definition) is 5. The second kappa shape index (κ2) is 7.06. The summed E-state index contributed by atoms with van der Waals surface area (Å²) in [5, 5.41) is 8.62. The highest BCUT2D eigenvalue weighted by Crippen LogP contribution is 2.37. The molecule has 1 saturated carbocycles. The van der Waals surface area contributed by atoms with Crippen molar-refractivity contribution >= 4 is 0 Å². The Labute approximate surface area is 147 Å². The number of rotatable bonds is 4. The summed E-state index contributed by atoms with van der Waals surface area (Å²) in [6.07, 6.45) is 4.61. The molecule has 6 nitrogen and oxygen atoms in total. The number of H-pyrrole nitrogens is 1. The first-order chi connectivity index (χ1) is 12.2. The largest absolute Gasteiger partial charge is 0.307 e. The lowest BCUT2D eigenvalue weighted by atomic mass is 9.76. The topological polar surface area (TPSA) is 82.7 Å². The van der Waals surface area contributed by atoms with Crippen molar-refractivity contribution in [1.82, 2.24) is 26.0 Å². The van der Waals surface area contributed by atoms with E-state index in [1.807, 2.05) is 18.2 Å². The van der Waals surface area contributed by atoms with Gasteiger partial charge in [-0.3, -0.25) is 15.6 Å². The molecule has 4 atom stereocenters. The second-order valence-electron chi connectivity index (χ2n) is 7.33. The van der Waals surface area contributed by atoms with Crippen molar-refractivity contribution in [2.45, 2.75) is 57.0 Å². The maximum absolute atomic E-state index is 12.4. The lowest BCUT2D eigenvalue weighted by molar-refractivity contribution is 0.275. The van der Waals surface area contributed by atoms with Crippen molar-refractivity contribution in [1.29, 1.82) is 0 Å². The van der Waals surface area contributed by atoms with Gasteiger partial charge < -0.3 is 4.98 Å². The second-order valence-corrected chi connectivity index (χ2v) is 7.33. The van der Waals surface area contributed by atoms with Crippen molar-refractivity contribution in [3.63, 3.8) is 0 Å². The summed E-state index contributed by atoms with van der Waals surface area (Å²) in [7, 11) is 0. The minimum atomic E-state index is -0.0845. The van der Waals surface area contributed by atoms with Crippen LogP contribution in [0.25, 0.3) is 0 Å². The molecule has 2 aromatic rings. The van der Waals surface area contributed by atoms with Gasteiger partial charge in [0.25, 0.3) is 5.56 Å². The Kier molecular flexibility index (Phi) is 4.63. The fourth-order valence-corrected chi connectivity index (χ4v) is 4.16. The molecule has 1 aromatic carbocycles. The highest BCUT2D eigenvalue weighted by molar-refractivity contribution is 5.16. The zero-order valence-electron chi connectivity index (χ0n) is 14.5. The van der Waals surface area contributed by atoms with E-state index in [2.05, 4.69) is 45.1 Å². The number of benzene rings is 1. The van der Waals surface area contributed by atoms with Gasteiger partial charge in [0.1, 0.15) is 11.5 Å². The summed E-state index contributed by atoms with van der Waals surface area (Å²) in [4.78, 5) is 15.4. The molecule has 4 unspecified atom stereocenters. The number of hydrogen-bond donors (Lipinski definition) is 3. The van der Waals surface area contributed by atoms with Crippen LogP contribution in [0.3, 0.4) is 0 Å². The molecule has 2 fully saturated rings. The van der Waals surface area contributed by atoms with E-state index in [1.165, 1.54) is 5.56 Å². The Balaban J connectivity index is 1.44. The van der Waals surface area contributed by atoms with E-state index in [0.717, 1.165) is 31.5 Å². The summed E-state index contributed by atoms with van der Waals surface area (Å²) in [5.74, 6) is 1.64. The van der Waals surface area contributed by atoms with Crippen LogP contribution in [0.5, 0.6) is 0 Å². The van der Waals surface area contributed by atoms with E-state index in [1.54, 1.807) is 0 Å². The minimum absolute atomic E-state index is 0.0845. The van der Waals surface area contributed by atoms with Crippen molar-refractivity contribution in [2.24, 2.45) is 5.92 Å². The Morgan fingerprint density at radius 3 is 2.72 bits per heavy atom. The first kappa shape index (κ1) is 16.4. The number of aromatic amines is 1. The van der Waals surface area contributed by atoms with Gasteiger partial charge in [0.15, 0.2) is 0 Å². The molecule has 0 spiro atoms. The van der Waals surface area contributed by atoms with E-state index >= 15 is 0 Å². The number of nitrogens with one attached hydrogen (secondary N) is 3. The Morgan fingerprint density at radius 2 is 1.92 bits per heavy atom. The van der Waals surface area contributed by atoms with Gasteiger partial charge in [0.05, 0.1) is 0 Å². The van der Waals surface area contributed by atoms with Gasteiger partial charge in [0.2, 0.25) is 0 Å². The summed E-state index contributed by atoms with van der Waals surface area (Å²) in [6, 6.07) is 11.2. The first-order valence-corrected chi connectivity index (χ1v) is 9.21. The van der Waals surface area contributed by atoms with Crippen molar-refractivity contribution in [3.05, 3.63) is 57.8 Å². The quantitative estimate of drug-likeness (QED) is 0.790. The van der Waals surface area contributed by atoms with Crippen LogP contribution < -0.4 is 16.4 Å². The van der Waals surface area contributed by atoms with E-state index in [0.29, 0.717) is 36.0 Å². The van der Waals surface area contributed by atoms with Gasteiger partial charge in [-0.15, -0.1) is 10.2 Å². The van der Waals surface area contributed by atoms with E-state index in [4.69, 9.17) is 0 Å². The molecular weight excluding hydrogens is 314 g/mol. The molecule has 0 amide bonds. The van der Waals surface area contributed by atoms with Crippen LogP contribution in [-0.2, 0) is 12.8 Å². The molecule has 132 valence electrons. The SMILES string of the molecule is CC1NNC2CCC(c3nnc(CCc4ccccc4)c(=O)[nH]3)CC12. The fraction of sp³-hybridized carbons (Fsp3) is 0.526. The molecule has 4 rings (SSSR count). The first-order valence-electron chi connectivity index (χ1n) is 9.21. The number of fused-ring (bicyclic) bond motifs is 1. The smallest absolute Gasteiger partial charge is 0.272 e. The molecule has 2 aliphatic rings. The minimum Gasteiger partial charge on any atom is -0.307 e. The lowest BCUT2D eigenvalue weighted by Crippen LogP contribution is -2.35. The Bertz CT molecular complexity index is 775. The number of aromatic nitrogens is 3. The zero-order chi connectivity index (χ0) is 17.2. The molecule has 6 heteroatoms. The van der Waals surface area contributed by atoms with Gasteiger partial charge in [-0.25, -0.2) is 0 Å². The van der Waals surface area contributed by atoms with E-state index < -0.39 is 0 Å². The molecule has 1 aromatic heterocycles. The molecule has 3 N–H and O–H groups in total. The van der Waals surface area contributed by atoms with Crippen LogP contribution in [0.1, 0.15) is 49.2 Å². The van der Waals surface area contributed by atoms with Crippen LogP contribution in [0, 0.1) is 5.92 Å². The molecule has 1 saturated heterocycles. The molecule has 0 bridgehead atoms. The average Bonchev–Trinajstić information content (AvgIpc) is 3.02. The third kappa shape index (κ3) is 3.50. The van der Waals surface area contributed by atoms with Gasteiger partial charge >= 0.3 is 0 Å². The van der Waals surface area contributed by atoms with E-state index in [9.17, 15) is 4.79 Å². The third-order valence-electron chi connectivity index (χ3n) is 5.70. The molecule has 1 aliphatic heterocycles. The molecule has 0 radical (unpaired) electrons. The molecule has 2 heterocycles. The van der Waals surface area contributed by atoms with Crippen molar-refractivity contribution < 1.29 is 0 Å². The van der Waals surface area contributed by atoms with Crippen molar-refractivity contribution in [2.75, 3.05) is 0 Å². The number of nitrogens with zero attached hydrogens (tertiary/aromatic N) is 2. The predicted octanol–water partition coefficient (Wildman–Crippen LogP) is 1.70. The van der Waals surface area contributed by atoms with Crippen LogP contribution in [-0.4, -0.2) is 27.3 Å². The highest BCUT2D eigenvalue weighted by Gasteiger charge is 2.39. The maximum atomic E-state index is 12.4. The molecule has 25 heavy (non-hydrogen) atoms. The maximum Gasteiger partial charge on any atom is 0.272 e. The van der Waals surface area contributed by atoms with Crippen LogP contribution in [0.15, 0.2) is 35.1 Å². The third-order valence-corrected chi connectivity index (χ3v) is 5.70. The monoisotopic (exact) mass is 339 g/mol. The summed E-state index contributed by atoms with van der Waals surface area (Å²) in [6.45, 7) is 2.21. The predicted molar refractivity (Wildman–Crippen MR) is 96.1 cm³/mol. The van der Waals surface area contributed by atoms with E-state index in [-0.39, 0.29) is 5.56 Å². The number of aryl methyl sites for hydroxylation is 2. The normalized spacial score (nSPS) is 28.7. The fourth-order valence-electron chi connectivity index (χ4n) is 4.16. The van der Waals surface area contributed by atoms with Crippen LogP contribution >= 0.6 is 0 Å². The summed E-state index contributed by atoms with van der Waals surface area (Å²) >= 11 is 0. The summed E-state index contributed by atoms with van der Waals surface area (Å²) < 4.78 is 0. The van der Waals surface area contributed by atoms with Crippen LogP contribution in [0.4, 0.5) is 0 Å². The molecular formula is C19H25N5O. The summed E-state index contributed by atoms with van der Waals surface area (Å²) in [5.41, 5.74) is 8.36. The number of hydrazine groups is 1.